The van der Waals surface area contributed by atoms with Crippen LogP contribution in [0.4, 0.5) is 0 Å². The summed E-state index contributed by atoms with van der Waals surface area (Å²) in [5.41, 5.74) is 1.80. The standard InChI is InChI=1S/C18H20Cl2N2O3/c1-24-8-9-25-18-7-2-13(12-22-18)11-21-17(23)6-4-14-3-5-15(19)10-16(14)20/h2-3,5,7,10,12H,4,6,8-9,11H2,1H3,(H,21,23). The second kappa shape index (κ2) is 10.2. The molecule has 0 aliphatic heterocycles. The van der Waals surface area contributed by atoms with E-state index in [4.69, 9.17) is 32.7 Å². The van der Waals surface area contributed by atoms with Gasteiger partial charge in [0.25, 0.3) is 0 Å². The van der Waals surface area contributed by atoms with Crippen LogP contribution in [0, 0.1) is 0 Å². The highest BCUT2D eigenvalue weighted by Gasteiger charge is 2.06. The molecule has 0 spiro atoms. The molecule has 2 aromatic rings. The third-order valence-corrected chi connectivity index (χ3v) is 4.05. The molecular weight excluding hydrogens is 363 g/mol. The summed E-state index contributed by atoms with van der Waals surface area (Å²) in [5.74, 6) is 0.482. The predicted molar refractivity (Wildman–Crippen MR) is 98.2 cm³/mol. The second-order valence-corrected chi connectivity index (χ2v) is 6.20. The number of carbonyl (C=O) groups excluding carboxylic acids is 1. The second-order valence-electron chi connectivity index (χ2n) is 5.36. The van der Waals surface area contributed by atoms with E-state index in [-0.39, 0.29) is 5.91 Å². The lowest BCUT2D eigenvalue weighted by atomic mass is 10.1. The van der Waals surface area contributed by atoms with Crippen molar-refractivity contribution in [1.29, 1.82) is 0 Å². The van der Waals surface area contributed by atoms with Crippen LogP contribution in [0.1, 0.15) is 17.5 Å². The van der Waals surface area contributed by atoms with Crippen molar-refractivity contribution in [1.82, 2.24) is 10.3 Å². The van der Waals surface area contributed by atoms with E-state index in [9.17, 15) is 4.79 Å². The van der Waals surface area contributed by atoms with Crippen LogP contribution in [0.15, 0.2) is 36.5 Å². The molecule has 1 N–H and O–H groups in total. The van der Waals surface area contributed by atoms with Gasteiger partial charge in [-0.3, -0.25) is 4.79 Å². The molecule has 0 aliphatic carbocycles. The lowest BCUT2D eigenvalue weighted by Gasteiger charge is -2.08. The van der Waals surface area contributed by atoms with E-state index in [0.29, 0.717) is 48.5 Å². The minimum atomic E-state index is -0.0496. The Morgan fingerprint density at radius 3 is 2.72 bits per heavy atom. The van der Waals surface area contributed by atoms with Gasteiger partial charge in [0.1, 0.15) is 6.61 Å². The summed E-state index contributed by atoms with van der Waals surface area (Å²) in [6.07, 6.45) is 2.60. The molecule has 134 valence electrons. The van der Waals surface area contributed by atoms with Gasteiger partial charge in [-0.2, -0.15) is 0 Å². The molecule has 1 aromatic heterocycles. The van der Waals surface area contributed by atoms with Crippen molar-refractivity contribution in [3.8, 4) is 5.88 Å². The van der Waals surface area contributed by atoms with E-state index in [1.807, 2.05) is 12.1 Å². The molecule has 0 bridgehead atoms. The maximum Gasteiger partial charge on any atom is 0.220 e. The number of rotatable bonds is 9. The van der Waals surface area contributed by atoms with E-state index < -0.39 is 0 Å². The van der Waals surface area contributed by atoms with E-state index in [2.05, 4.69) is 10.3 Å². The Bertz CT molecular complexity index is 693. The van der Waals surface area contributed by atoms with Crippen LogP contribution in [-0.2, 0) is 22.5 Å². The molecule has 0 saturated heterocycles. The number of aryl methyl sites for hydroxylation is 1. The minimum Gasteiger partial charge on any atom is -0.475 e. The smallest absolute Gasteiger partial charge is 0.220 e. The molecule has 0 saturated carbocycles. The molecule has 2 rings (SSSR count). The molecule has 0 atom stereocenters. The normalized spacial score (nSPS) is 10.5. The summed E-state index contributed by atoms with van der Waals surface area (Å²) in [6.45, 7) is 1.38. The molecule has 0 fully saturated rings. The average Bonchev–Trinajstić information content (AvgIpc) is 2.60. The maximum atomic E-state index is 12.0. The van der Waals surface area contributed by atoms with Crippen molar-refractivity contribution in [3.05, 3.63) is 57.7 Å². The van der Waals surface area contributed by atoms with Crippen LogP contribution < -0.4 is 10.1 Å². The van der Waals surface area contributed by atoms with Crippen LogP contribution in [-0.4, -0.2) is 31.2 Å². The van der Waals surface area contributed by atoms with E-state index in [0.717, 1.165) is 11.1 Å². The topological polar surface area (TPSA) is 60.5 Å². The lowest BCUT2D eigenvalue weighted by Crippen LogP contribution is -2.23. The van der Waals surface area contributed by atoms with Crippen LogP contribution in [0.5, 0.6) is 5.88 Å². The molecule has 1 heterocycles. The van der Waals surface area contributed by atoms with Crippen molar-refractivity contribution >= 4 is 29.1 Å². The zero-order valence-electron chi connectivity index (χ0n) is 13.9. The van der Waals surface area contributed by atoms with Gasteiger partial charge in [-0.25, -0.2) is 4.98 Å². The molecule has 25 heavy (non-hydrogen) atoms. The number of carbonyl (C=O) groups is 1. The third kappa shape index (κ3) is 6.90. The van der Waals surface area contributed by atoms with Crippen LogP contribution in [0.3, 0.4) is 0 Å². The highest BCUT2D eigenvalue weighted by atomic mass is 35.5. The van der Waals surface area contributed by atoms with E-state index >= 15 is 0 Å². The molecule has 0 unspecified atom stereocenters. The molecule has 5 nitrogen and oxygen atoms in total. The number of hydrogen-bond donors (Lipinski definition) is 1. The third-order valence-electron chi connectivity index (χ3n) is 3.46. The van der Waals surface area contributed by atoms with Gasteiger partial charge in [0.05, 0.1) is 6.61 Å². The van der Waals surface area contributed by atoms with Crippen LogP contribution in [0.2, 0.25) is 10.0 Å². The van der Waals surface area contributed by atoms with Crippen molar-refractivity contribution in [3.63, 3.8) is 0 Å². The van der Waals surface area contributed by atoms with Gasteiger partial charge in [-0.05, 0) is 29.7 Å². The number of methoxy groups -OCH3 is 1. The molecule has 7 heteroatoms. The summed E-state index contributed by atoms with van der Waals surface area (Å²) < 4.78 is 10.3. The average molecular weight is 383 g/mol. The first-order valence-corrected chi connectivity index (χ1v) is 8.61. The summed E-state index contributed by atoms with van der Waals surface area (Å²) >= 11 is 12.0. The fourth-order valence-corrected chi connectivity index (χ4v) is 2.60. The first-order valence-electron chi connectivity index (χ1n) is 7.86. The molecule has 1 aromatic carbocycles. The number of benzene rings is 1. The van der Waals surface area contributed by atoms with Gasteiger partial charge in [0.15, 0.2) is 0 Å². The van der Waals surface area contributed by atoms with E-state index in [1.165, 1.54) is 0 Å². The number of pyridine rings is 1. The monoisotopic (exact) mass is 382 g/mol. The quantitative estimate of drug-likeness (QED) is 0.672. The van der Waals surface area contributed by atoms with Crippen LogP contribution in [0.25, 0.3) is 0 Å². The Hall–Kier alpha value is -1.82. The van der Waals surface area contributed by atoms with E-state index in [1.54, 1.807) is 31.5 Å². The van der Waals surface area contributed by atoms with Crippen molar-refractivity contribution in [2.75, 3.05) is 20.3 Å². The predicted octanol–water partition coefficient (Wildman–Crippen LogP) is 3.66. The Morgan fingerprint density at radius 1 is 1.20 bits per heavy atom. The van der Waals surface area contributed by atoms with Crippen molar-refractivity contribution < 1.29 is 14.3 Å². The van der Waals surface area contributed by atoms with Crippen LogP contribution >= 0.6 is 23.2 Å². The number of nitrogens with zero attached hydrogens (tertiary/aromatic N) is 1. The minimum absolute atomic E-state index is 0.0496. The SMILES string of the molecule is COCCOc1ccc(CNC(=O)CCc2ccc(Cl)cc2Cl)cn1. The van der Waals surface area contributed by atoms with Gasteiger partial charge in [0.2, 0.25) is 11.8 Å². The number of aromatic nitrogens is 1. The van der Waals surface area contributed by atoms with Crippen molar-refractivity contribution in [2.24, 2.45) is 0 Å². The molecule has 0 radical (unpaired) electrons. The first-order chi connectivity index (χ1) is 12.1. The number of nitrogens with one attached hydrogen (secondary N) is 1. The lowest BCUT2D eigenvalue weighted by molar-refractivity contribution is -0.121. The number of amides is 1. The number of halogens is 2. The fraction of sp³-hybridized carbons (Fsp3) is 0.333. The summed E-state index contributed by atoms with van der Waals surface area (Å²) in [5, 5.41) is 4.02. The Balaban J connectivity index is 1.74. The number of hydrogen-bond acceptors (Lipinski definition) is 4. The van der Waals surface area contributed by atoms with Gasteiger partial charge < -0.3 is 14.8 Å². The maximum absolute atomic E-state index is 12.0. The Morgan fingerprint density at radius 2 is 2.04 bits per heavy atom. The molecule has 0 aliphatic rings. The largest absolute Gasteiger partial charge is 0.475 e. The van der Waals surface area contributed by atoms with Crippen molar-refractivity contribution in [2.45, 2.75) is 19.4 Å². The summed E-state index contributed by atoms with van der Waals surface area (Å²) in [6, 6.07) is 8.92. The van der Waals surface area contributed by atoms with Gasteiger partial charge in [-0.1, -0.05) is 35.3 Å². The van der Waals surface area contributed by atoms with Gasteiger partial charge in [-0.15, -0.1) is 0 Å². The van der Waals surface area contributed by atoms with Gasteiger partial charge in [0, 0.05) is 42.4 Å². The fourth-order valence-electron chi connectivity index (χ4n) is 2.09. The Kier molecular flexibility index (Phi) is 7.98. The zero-order chi connectivity index (χ0) is 18.1. The first kappa shape index (κ1) is 19.5. The Labute approximate surface area is 157 Å². The highest BCUT2D eigenvalue weighted by molar-refractivity contribution is 6.35. The molecule has 1 amide bonds. The molecular formula is C18H20Cl2N2O3. The highest BCUT2D eigenvalue weighted by Crippen LogP contribution is 2.22. The zero-order valence-corrected chi connectivity index (χ0v) is 15.4. The number of ether oxygens (including phenoxy) is 2. The van der Waals surface area contributed by atoms with Gasteiger partial charge >= 0.3 is 0 Å². The summed E-state index contributed by atoms with van der Waals surface area (Å²) in [4.78, 5) is 16.2. The summed E-state index contributed by atoms with van der Waals surface area (Å²) in [7, 11) is 1.61.